The van der Waals surface area contributed by atoms with Crippen LogP contribution in [0.4, 0.5) is 4.39 Å². The minimum Gasteiger partial charge on any atom is -0.487 e. The van der Waals surface area contributed by atoms with Gasteiger partial charge in [-0.3, -0.25) is 9.69 Å². The largest absolute Gasteiger partial charge is 0.487 e. The van der Waals surface area contributed by atoms with E-state index in [9.17, 15) is 9.18 Å². The fraction of sp³-hybridized carbons (Fsp3) is 0.480. The van der Waals surface area contributed by atoms with E-state index in [1.165, 1.54) is 12.1 Å². The number of hydrogen-bond donors (Lipinski definition) is 1. The Labute approximate surface area is 178 Å². The smallest absolute Gasteiger partial charge is 0.224 e. The fourth-order valence-electron chi connectivity index (χ4n) is 4.64. The number of piperidine rings is 1. The maximum absolute atomic E-state index is 13.2. The van der Waals surface area contributed by atoms with Crippen molar-refractivity contribution in [1.82, 2.24) is 10.2 Å². The van der Waals surface area contributed by atoms with E-state index < -0.39 is 0 Å². The molecular weight excluding hydrogens is 379 g/mol. The van der Waals surface area contributed by atoms with Crippen LogP contribution in [0.3, 0.4) is 0 Å². The van der Waals surface area contributed by atoms with Gasteiger partial charge in [-0.1, -0.05) is 24.3 Å². The van der Waals surface area contributed by atoms with Crippen LogP contribution in [0.15, 0.2) is 42.5 Å². The molecule has 0 saturated carbocycles. The topological polar surface area (TPSA) is 41.6 Å². The molecule has 5 heteroatoms. The first kappa shape index (κ1) is 20.9. The third-order valence-electron chi connectivity index (χ3n) is 6.14. The summed E-state index contributed by atoms with van der Waals surface area (Å²) in [6.07, 6.45) is 2.65. The lowest BCUT2D eigenvalue weighted by Gasteiger charge is -2.39. The monoisotopic (exact) mass is 410 g/mol. The van der Waals surface area contributed by atoms with Gasteiger partial charge in [0.25, 0.3) is 0 Å². The number of fused-ring (bicyclic) bond motifs is 1. The first-order valence-corrected chi connectivity index (χ1v) is 10.9. The minimum atomic E-state index is -0.320. The molecular formula is C25H31FN2O2. The third-order valence-corrected chi connectivity index (χ3v) is 6.14. The highest BCUT2D eigenvalue weighted by molar-refractivity contribution is 5.79. The summed E-state index contributed by atoms with van der Waals surface area (Å²) in [4.78, 5) is 15.5. The Morgan fingerprint density at radius 3 is 2.77 bits per heavy atom. The third kappa shape index (κ3) is 4.84. The molecule has 2 aromatic carbocycles. The SMILES string of the molecule is Cc1ccc2c(c1)OC(C)(C)C[C@@H]2NC(=O)[C@@H]1CCCN(Cc2ccc(F)cc2)C1. The number of likely N-dealkylation sites (tertiary alicyclic amines) is 1. The van der Waals surface area contributed by atoms with E-state index in [0.717, 1.165) is 61.3 Å². The molecule has 2 aliphatic heterocycles. The number of carbonyl (C=O) groups is 1. The van der Waals surface area contributed by atoms with Crippen LogP contribution in [0.25, 0.3) is 0 Å². The number of halogens is 1. The molecule has 2 aromatic rings. The van der Waals surface area contributed by atoms with E-state index in [-0.39, 0.29) is 29.3 Å². The van der Waals surface area contributed by atoms with Crippen LogP contribution in [0.2, 0.25) is 0 Å². The number of nitrogens with zero attached hydrogens (tertiary/aromatic N) is 1. The van der Waals surface area contributed by atoms with Crippen LogP contribution in [-0.2, 0) is 11.3 Å². The van der Waals surface area contributed by atoms with Gasteiger partial charge in [-0.05, 0) is 69.5 Å². The Bertz CT molecular complexity index is 910. The van der Waals surface area contributed by atoms with E-state index in [4.69, 9.17) is 4.74 Å². The lowest BCUT2D eigenvalue weighted by atomic mass is 9.88. The Morgan fingerprint density at radius 2 is 2.00 bits per heavy atom. The molecule has 4 nitrogen and oxygen atoms in total. The van der Waals surface area contributed by atoms with Crippen LogP contribution in [0, 0.1) is 18.7 Å². The number of rotatable bonds is 4. The molecule has 0 unspecified atom stereocenters. The van der Waals surface area contributed by atoms with Gasteiger partial charge in [0.1, 0.15) is 17.2 Å². The average molecular weight is 411 g/mol. The van der Waals surface area contributed by atoms with Gasteiger partial charge < -0.3 is 10.1 Å². The van der Waals surface area contributed by atoms with Crippen LogP contribution in [0.5, 0.6) is 5.75 Å². The average Bonchev–Trinajstić information content (AvgIpc) is 2.69. The highest BCUT2D eigenvalue weighted by Gasteiger charge is 2.36. The molecule has 2 atom stereocenters. The Kier molecular flexibility index (Phi) is 5.83. The predicted octanol–water partition coefficient (Wildman–Crippen LogP) is 4.76. The number of nitrogens with one attached hydrogen (secondary N) is 1. The van der Waals surface area contributed by atoms with Gasteiger partial charge in [-0.25, -0.2) is 4.39 Å². The van der Waals surface area contributed by atoms with Crippen LogP contribution >= 0.6 is 0 Å². The molecule has 1 saturated heterocycles. The van der Waals surface area contributed by atoms with Gasteiger partial charge in [0.15, 0.2) is 0 Å². The van der Waals surface area contributed by atoms with E-state index >= 15 is 0 Å². The zero-order valence-corrected chi connectivity index (χ0v) is 18.1. The Morgan fingerprint density at radius 1 is 1.23 bits per heavy atom. The van der Waals surface area contributed by atoms with Gasteiger partial charge >= 0.3 is 0 Å². The van der Waals surface area contributed by atoms with Crippen molar-refractivity contribution in [1.29, 1.82) is 0 Å². The van der Waals surface area contributed by atoms with Crippen molar-refractivity contribution in [3.8, 4) is 5.75 Å². The second kappa shape index (κ2) is 8.38. The highest BCUT2D eigenvalue weighted by atomic mass is 19.1. The summed E-state index contributed by atoms with van der Waals surface area (Å²) < 4.78 is 19.3. The van der Waals surface area contributed by atoms with Crippen LogP contribution < -0.4 is 10.1 Å². The van der Waals surface area contributed by atoms with Gasteiger partial charge in [0.2, 0.25) is 5.91 Å². The molecule has 0 spiro atoms. The van der Waals surface area contributed by atoms with E-state index in [1.807, 2.05) is 12.1 Å². The zero-order chi connectivity index (χ0) is 21.3. The second-order valence-electron chi connectivity index (χ2n) is 9.37. The predicted molar refractivity (Wildman–Crippen MR) is 116 cm³/mol. The van der Waals surface area contributed by atoms with Crippen molar-refractivity contribution in [2.75, 3.05) is 13.1 Å². The molecule has 2 aliphatic rings. The molecule has 160 valence electrons. The Hall–Kier alpha value is -2.40. The molecule has 0 aliphatic carbocycles. The summed E-state index contributed by atoms with van der Waals surface area (Å²) in [6, 6.07) is 12.8. The summed E-state index contributed by atoms with van der Waals surface area (Å²) in [5.41, 5.74) is 2.97. The molecule has 0 aromatic heterocycles. The number of hydrogen-bond acceptors (Lipinski definition) is 3. The second-order valence-corrected chi connectivity index (χ2v) is 9.37. The molecule has 1 fully saturated rings. The zero-order valence-electron chi connectivity index (χ0n) is 18.1. The van der Waals surface area contributed by atoms with E-state index in [0.29, 0.717) is 0 Å². The van der Waals surface area contributed by atoms with Crippen molar-refractivity contribution >= 4 is 5.91 Å². The number of amides is 1. The molecule has 30 heavy (non-hydrogen) atoms. The van der Waals surface area contributed by atoms with Crippen molar-refractivity contribution in [2.45, 2.75) is 58.2 Å². The van der Waals surface area contributed by atoms with Gasteiger partial charge in [0.05, 0.1) is 12.0 Å². The van der Waals surface area contributed by atoms with Crippen LogP contribution in [-0.4, -0.2) is 29.5 Å². The number of benzene rings is 2. The first-order valence-electron chi connectivity index (χ1n) is 10.9. The number of carbonyl (C=O) groups excluding carboxylic acids is 1. The summed E-state index contributed by atoms with van der Waals surface area (Å²) in [6.45, 7) is 8.64. The van der Waals surface area contributed by atoms with Gasteiger partial charge in [0, 0.05) is 25.1 Å². The molecule has 2 heterocycles. The summed E-state index contributed by atoms with van der Waals surface area (Å²) in [5, 5.41) is 3.32. The van der Waals surface area contributed by atoms with Gasteiger partial charge in [-0.2, -0.15) is 0 Å². The van der Waals surface area contributed by atoms with Crippen molar-refractivity contribution in [2.24, 2.45) is 5.92 Å². The molecule has 0 bridgehead atoms. The summed E-state index contributed by atoms with van der Waals surface area (Å²) >= 11 is 0. The van der Waals surface area contributed by atoms with Crippen LogP contribution in [0.1, 0.15) is 55.8 Å². The first-order chi connectivity index (χ1) is 14.3. The lowest BCUT2D eigenvalue weighted by Crippen LogP contribution is -2.46. The lowest BCUT2D eigenvalue weighted by molar-refractivity contribution is -0.128. The van der Waals surface area contributed by atoms with E-state index in [2.05, 4.69) is 49.2 Å². The molecule has 1 N–H and O–H groups in total. The summed E-state index contributed by atoms with van der Waals surface area (Å²) in [7, 11) is 0. The number of ether oxygens (including phenoxy) is 1. The van der Waals surface area contributed by atoms with Gasteiger partial charge in [-0.15, -0.1) is 0 Å². The highest BCUT2D eigenvalue weighted by Crippen LogP contribution is 2.40. The Balaban J connectivity index is 1.42. The minimum absolute atomic E-state index is 0.0287. The molecule has 1 amide bonds. The maximum Gasteiger partial charge on any atom is 0.224 e. The summed E-state index contributed by atoms with van der Waals surface area (Å²) in [5.74, 6) is 0.745. The maximum atomic E-state index is 13.2. The van der Waals surface area contributed by atoms with Crippen molar-refractivity contribution in [3.63, 3.8) is 0 Å². The normalized spacial score (nSPS) is 23.3. The number of aryl methyl sites for hydroxylation is 1. The van der Waals surface area contributed by atoms with Crippen molar-refractivity contribution < 1.29 is 13.9 Å². The van der Waals surface area contributed by atoms with E-state index in [1.54, 1.807) is 0 Å². The molecule has 0 radical (unpaired) electrons. The fourth-order valence-corrected chi connectivity index (χ4v) is 4.64. The standard InChI is InChI=1S/C25H31FN2O2/c1-17-6-11-21-22(14-25(2,3)30-23(21)13-17)27-24(29)19-5-4-12-28(16-19)15-18-7-9-20(26)10-8-18/h6-11,13,19,22H,4-5,12,14-16H2,1-3H3,(H,27,29)/t19-,22+/m1/s1. The quantitative estimate of drug-likeness (QED) is 0.790. The molecule has 4 rings (SSSR count). The van der Waals surface area contributed by atoms with Crippen molar-refractivity contribution in [3.05, 3.63) is 65.0 Å².